The summed E-state index contributed by atoms with van der Waals surface area (Å²) in [5.74, 6) is 1.16. The van der Waals surface area contributed by atoms with Gasteiger partial charge in [-0.15, -0.1) is 0 Å². The Morgan fingerprint density at radius 1 is 1.35 bits per heavy atom. The van der Waals surface area contributed by atoms with Crippen LogP contribution in [0.3, 0.4) is 0 Å². The fourth-order valence-electron chi connectivity index (χ4n) is 3.40. The minimum atomic E-state index is -0.327. The number of hydrogen-bond acceptors (Lipinski definition) is 3. The largest absolute Gasteiger partial charge is 0.309 e. The number of carbonyl (C=O) groups excluding carboxylic acids is 1. The summed E-state index contributed by atoms with van der Waals surface area (Å²) >= 11 is 6.15. The number of anilines is 1. The van der Waals surface area contributed by atoms with Gasteiger partial charge in [0.2, 0.25) is 5.91 Å². The number of rotatable bonds is 4. The maximum Gasteiger partial charge on any atom is 0.234 e. The highest BCUT2D eigenvalue weighted by atomic mass is 35.5. The predicted octanol–water partition coefficient (Wildman–Crippen LogP) is 4.68. The number of aromatic nitrogens is 2. The Morgan fingerprint density at radius 3 is 3.00 bits per heavy atom. The molecule has 1 unspecified atom stereocenters. The lowest BCUT2D eigenvalue weighted by Crippen LogP contribution is -2.24. The standard InChI is InChI=1S/C20H23ClN4O/c1-12(20(26)23-19-11-18(24-25-19)14-5-6-14)17-10-13-3-2-4-15(21)7-8-16(9-13)22-17/h4,7-8,10-14H,2-3,5-6,9H2,1H3,(H2,23,24,25,26)/b8-7-,15-4+/t12-,13?/m1/s1. The van der Waals surface area contributed by atoms with Crippen molar-refractivity contribution in [3.8, 4) is 0 Å². The molecule has 1 aliphatic heterocycles. The van der Waals surface area contributed by atoms with Crippen LogP contribution in [-0.2, 0) is 4.79 Å². The Bertz CT molecular complexity index is 829. The van der Waals surface area contributed by atoms with Gasteiger partial charge in [0.15, 0.2) is 5.82 Å². The number of hydrogen-bond donors (Lipinski definition) is 2. The molecule has 1 aromatic rings. The first-order valence-corrected chi connectivity index (χ1v) is 9.65. The first-order chi connectivity index (χ1) is 12.6. The molecular formula is C20H23ClN4O. The van der Waals surface area contributed by atoms with Crippen LogP contribution in [-0.4, -0.2) is 21.8 Å². The number of amides is 1. The number of allylic oxidation sites excluding steroid dienone is 5. The van der Waals surface area contributed by atoms with E-state index in [0.717, 1.165) is 41.4 Å². The zero-order valence-electron chi connectivity index (χ0n) is 14.8. The van der Waals surface area contributed by atoms with Gasteiger partial charge in [-0.3, -0.25) is 14.9 Å². The second kappa shape index (κ2) is 7.23. The Labute approximate surface area is 158 Å². The number of nitrogens with zero attached hydrogens (tertiary/aromatic N) is 2. The maximum atomic E-state index is 12.7. The molecule has 3 aliphatic rings. The van der Waals surface area contributed by atoms with Crippen LogP contribution in [0.4, 0.5) is 5.82 Å². The zero-order valence-corrected chi connectivity index (χ0v) is 15.6. The zero-order chi connectivity index (χ0) is 18.1. The van der Waals surface area contributed by atoms with Gasteiger partial charge in [-0.2, -0.15) is 5.10 Å². The molecule has 1 fully saturated rings. The Balaban J connectivity index is 1.47. The van der Waals surface area contributed by atoms with Gasteiger partial charge in [0.1, 0.15) is 0 Å². The van der Waals surface area contributed by atoms with Crippen LogP contribution in [0, 0.1) is 11.8 Å². The van der Waals surface area contributed by atoms with Gasteiger partial charge < -0.3 is 5.32 Å². The Hall–Kier alpha value is -2.14. The van der Waals surface area contributed by atoms with Crippen LogP contribution >= 0.6 is 11.6 Å². The van der Waals surface area contributed by atoms with Crippen LogP contribution in [0.5, 0.6) is 0 Å². The number of aliphatic imine (C=N–C) groups is 1. The van der Waals surface area contributed by atoms with Crippen molar-refractivity contribution in [1.29, 1.82) is 0 Å². The van der Waals surface area contributed by atoms with Crippen molar-refractivity contribution in [2.75, 3.05) is 5.32 Å². The molecule has 0 saturated heterocycles. The monoisotopic (exact) mass is 370 g/mol. The number of H-pyrrole nitrogens is 1. The highest BCUT2D eigenvalue weighted by Gasteiger charge is 2.27. The van der Waals surface area contributed by atoms with Gasteiger partial charge in [-0.25, -0.2) is 0 Å². The molecule has 136 valence electrons. The highest BCUT2D eigenvalue weighted by Crippen LogP contribution is 2.39. The van der Waals surface area contributed by atoms with E-state index in [1.165, 1.54) is 12.8 Å². The van der Waals surface area contributed by atoms with E-state index >= 15 is 0 Å². The smallest absolute Gasteiger partial charge is 0.234 e. The van der Waals surface area contributed by atoms with Crippen LogP contribution in [0.25, 0.3) is 0 Å². The van der Waals surface area contributed by atoms with E-state index in [1.54, 1.807) is 0 Å². The summed E-state index contributed by atoms with van der Waals surface area (Å²) in [7, 11) is 0. The molecule has 1 saturated carbocycles. The number of fused-ring (bicyclic) bond motifs is 2. The quantitative estimate of drug-likeness (QED) is 0.807. The van der Waals surface area contributed by atoms with E-state index in [1.807, 2.05) is 31.2 Å². The lowest BCUT2D eigenvalue weighted by molar-refractivity contribution is -0.118. The Kier molecular flexibility index (Phi) is 4.81. The fourth-order valence-corrected chi connectivity index (χ4v) is 3.57. The van der Waals surface area contributed by atoms with E-state index in [0.29, 0.717) is 17.7 Å². The van der Waals surface area contributed by atoms with E-state index in [4.69, 9.17) is 16.6 Å². The molecule has 0 spiro atoms. The molecule has 1 aromatic heterocycles. The lowest BCUT2D eigenvalue weighted by Gasteiger charge is -2.21. The van der Waals surface area contributed by atoms with Crippen LogP contribution in [0.2, 0.25) is 0 Å². The molecule has 2 heterocycles. The summed E-state index contributed by atoms with van der Waals surface area (Å²) < 4.78 is 0. The van der Waals surface area contributed by atoms with Gasteiger partial charge in [-0.05, 0) is 57.1 Å². The number of carbonyl (C=O) groups is 1. The van der Waals surface area contributed by atoms with Crippen LogP contribution in [0.1, 0.15) is 50.6 Å². The second-order valence-electron chi connectivity index (χ2n) is 7.35. The van der Waals surface area contributed by atoms with Gasteiger partial charge in [0.05, 0.1) is 5.92 Å². The highest BCUT2D eigenvalue weighted by molar-refractivity contribution is 6.31. The summed E-state index contributed by atoms with van der Waals surface area (Å²) in [5, 5.41) is 10.9. The lowest BCUT2D eigenvalue weighted by atomic mass is 9.90. The third-order valence-corrected chi connectivity index (χ3v) is 5.45. The minimum absolute atomic E-state index is 0.0798. The molecule has 2 bridgehead atoms. The van der Waals surface area contributed by atoms with Crippen molar-refractivity contribution >= 4 is 29.0 Å². The molecule has 2 atom stereocenters. The maximum absolute atomic E-state index is 12.7. The van der Waals surface area contributed by atoms with Crippen molar-refractivity contribution < 1.29 is 4.79 Å². The molecule has 0 aromatic carbocycles. The molecule has 26 heavy (non-hydrogen) atoms. The van der Waals surface area contributed by atoms with Gasteiger partial charge in [0, 0.05) is 34.1 Å². The topological polar surface area (TPSA) is 70.1 Å². The van der Waals surface area contributed by atoms with Crippen molar-refractivity contribution in [3.05, 3.63) is 46.8 Å². The predicted molar refractivity (Wildman–Crippen MR) is 104 cm³/mol. The van der Waals surface area contributed by atoms with Crippen LogP contribution < -0.4 is 5.32 Å². The second-order valence-corrected chi connectivity index (χ2v) is 7.79. The summed E-state index contributed by atoms with van der Waals surface area (Å²) in [6, 6.07) is 1.94. The Morgan fingerprint density at radius 2 is 2.19 bits per heavy atom. The van der Waals surface area contributed by atoms with E-state index in [2.05, 4.69) is 21.6 Å². The van der Waals surface area contributed by atoms with Crippen molar-refractivity contribution in [2.45, 2.75) is 44.9 Å². The van der Waals surface area contributed by atoms with Crippen molar-refractivity contribution in [2.24, 2.45) is 16.8 Å². The third kappa shape index (κ3) is 3.98. The molecular weight excluding hydrogens is 348 g/mol. The third-order valence-electron chi connectivity index (χ3n) is 5.17. The summed E-state index contributed by atoms with van der Waals surface area (Å²) in [5.41, 5.74) is 2.92. The average molecular weight is 371 g/mol. The molecule has 5 nitrogen and oxygen atoms in total. The average Bonchev–Trinajstić information content (AvgIpc) is 3.37. The molecule has 2 N–H and O–H groups in total. The summed E-state index contributed by atoms with van der Waals surface area (Å²) in [6.07, 6.45) is 13.3. The van der Waals surface area contributed by atoms with Crippen molar-refractivity contribution in [3.63, 3.8) is 0 Å². The minimum Gasteiger partial charge on any atom is -0.309 e. The van der Waals surface area contributed by atoms with Crippen molar-refractivity contribution in [1.82, 2.24) is 10.2 Å². The first-order valence-electron chi connectivity index (χ1n) is 9.27. The fraction of sp³-hybridized carbons (Fsp3) is 0.450. The van der Waals surface area contributed by atoms with Gasteiger partial charge in [-0.1, -0.05) is 23.8 Å². The van der Waals surface area contributed by atoms with Gasteiger partial charge in [0.25, 0.3) is 0 Å². The van der Waals surface area contributed by atoms with E-state index in [-0.39, 0.29) is 11.8 Å². The summed E-state index contributed by atoms with van der Waals surface area (Å²) in [6.45, 7) is 1.90. The van der Waals surface area contributed by atoms with E-state index < -0.39 is 0 Å². The number of nitrogens with one attached hydrogen (secondary N) is 2. The number of halogens is 1. The normalized spacial score (nSPS) is 27.0. The molecule has 1 amide bonds. The molecule has 4 rings (SSSR count). The summed E-state index contributed by atoms with van der Waals surface area (Å²) in [4.78, 5) is 17.4. The molecule has 2 aliphatic carbocycles. The molecule has 0 radical (unpaired) electrons. The van der Waals surface area contributed by atoms with E-state index in [9.17, 15) is 4.79 Å². The molecule has 6 heteroatoms. The number of aromatic amines is 1. The SMILES string of the molecule is C[C@@H](C(=O)Nc1cc(C2CC2)[nH]n1)C1=CC2CC/C=C(Cl)\C=C/C(=N1)C2. The van der Waals surface area contributed by atoms with Crippen LogP contribution in [0.15, 0.2) is 46.1 Å². The van der Waals surface area contributed by atoms with Gasteiger partial charge >= 0.3 is 0 Å². The first kappa shape index (κ1) is 17.3.